The van der Waals surface area contributed by atoms with Gasteiger partial charge in [-0.2, -0.15) is 5.26 Å². The summed E-state index contributed by atoms with van der Waals surface area (Å²) in [7, 11) is 0. The first-order valence-corrected chi connectivity index (χ1v) is 18.2. The van der Waals surface area contributed by atoms with Gasteiger partial charge in [-0.3, -0.25) is 24.0 Å². The van der Waals surface area contributed by atoms with Gasteiger partial charge in [-0.15, -0.1) is 0 Å². The number of nitrogens with zero attached hydrogens (tertiary/aromatic N) is 1. The molecule has 0 aliphatic heterocycles. The van der Waals surface area contributed by atoms with E-state index in [2.05, 4.69) is 16.0 Å². The highest BCUT2D eigenvalue weighted by Crippen LogP contribution is 2.23. The molecule has 12 heteroatoms. The van der Waals surface area contributed by atoms with Crippen molar-refractivity contribution in [2.75, 3.05) is 16.0 Å². The van der Waals surface area contributed by atoms with Crippen LogP contribution in [0.25, 0.3) is 6.08 Å². The van der Waals surface area contributed by atoms with E-state index < -0.39 is 29.6 Å². The van der Waals surface area contributed by atoms with Crippen LogP contribution >= 0.6 is 0 Å². The van der Waals surface area contributed by atoms with Crippen LogP contribution in [-0.2, 0) is 16.0 Å². The molecule has 1 atom stereocenters. The van der Waals surface area contributed by atoms with Crippen molar-refractivity contribution in [3.8, 4) is 11.8 Å². The lowest BCUT2D eigenvalue weighted by atomic mass is 9.94. The third-order valence-electron chi connectivity index (χ3n) is 9.37. The number of benzene rings is 5. The predicted octanol–water partition coefficient (Wildman–Crippen LogP) is 8.17. The first-order valence-electron chi connectivity index (χ1n) is 18.2. The highest BCUT2D eigenvalue weighted by atomic mass is 16.4. The Morgan fingerprint density at radius 1 is 0.690 bits per heavy atom. The number of ketones is 2. The summed E-state index contributed by atoms with van der Waals surface area (Å²) in [6.07, 6.45) is 1.44. The highest BCUT2D eigenvalue weighted by molar-refractivity contribution is 6.08. The minimum Gasteiger partial charge on any atom is -0.508 e. The smallest absolute Gasteiger partial charge is 0.335 e. The van der Waals surface area contributed by atoms with Crippen LogP contribution in [0, 0.1) is 31.1 Å². The van der Waals surface area contributed by atoms with Gasteiger partial charge in [0.15, 0.2) is 11.6 Å². The van der Waals surface area contributed by atoms with Gasteiger partial charge in [0.2, 0.25) is 5.91 Å². The number of nitrogens with one attached hydrogen (secondary N) is 3. The maximum absolute atomic E-state index is 13.2. The number of aromatic hydroxyl groups is 1. The molecule has 0 saturated heterocycles. The van der Waals surface area contributed by atoms with E-state index in [0.29, 0.717) is 50.5 Å². The van der Waals surface area contributed by atoms with Crippen LogP contribution in [0.15, 0.2) is 115 Å². The first kappa shape index (κ1) is 41.5. The van der Waals surface area contributed by atoms with Crippen molar-refractivity contribution < 1.29 is 39.0 Å². The molecule has 0 saturated carbocycles. The summed E-state index contributed by atoms with van der Waals surface area (Å²) in [6.45, 7) is 5.14. The fourth-order valence-electron chi connectivity index (χ4n) is 5.96. The van der Waals surface area contributed by atoms with E-state index in [1.165, 1.54) is 42.5 Å². The summed E-state index contributed by atoms with van der Waals surface area (Å²) < 4.78 is 0. The molecule has 5 rings (SSSR count). The number of Topliss-reactive ketones (excluding diaryl/α,β-unsaturated/α-hetero) is 2. The molecular weight excluding hydrogens is 737 g/mol. The normalized spacial score (nSPS) is 11.4. The lowest BCUT2D eigenvalue weighted by molar-refractivity contribution is -0.119. The van der Waals surface area contributed by atoms with Crippen molar-refractivity contribution in [1.29, 1.82) is 5.26 Å². The van der Waals surface area contributed by atoms with Gasteiger partial charge >= 0.3 is 5.97 Å². The second kappa shape index (κ2) is 18.8. The van der Waals surface area contributed by atoms with E-state index in [-0.39, 0.29) is 47.7 Å². The van der Waals surface area contributed by atoms with Crippen molar-refractivity contribution >= 4 is 58.4 Å². The van der Waals surface area contributed by atoms with Crippen molar-refractivity contribution in [1.82, 2.24) is 0 Å². The van der Waals surface area contributed by atoms with Crippen LogP contribution in [-0.4, -0.2) is 45.5 Å². The van der Waals surface area contributed by atoms with Gasteiger partial charge in [0.05, 0.1) is 17.6 Å². The molecule has 5 aromatic carbocycles. The number of rotatable bonds is 15. The molecule has 5 N–H and O–H groups in total. The molecule has 0 heterocycles. The Morgan fingerprint density at radius 2 is 1.22 bits per heavy atom. The molecule has 0 spiro atoms. The van der Waals surface area contributed by atoms with E-state index in [1.54, 1.807) is 93.6 Å². The number of phenols is 1. The fraction of sp³-hybridized carbons (Fsp3) is 0.152. The maximum Gasteiger partial charge on any atom is 0.335 e. The molecule has 0 aliphatic carbocycles. The molecule has 5 aromatic rings. The Bertz CT molecular complexity index is 2460. The van der Waals surface area contributed by atoms with Crippen LogP contribution in [0.4, 0.5) is 17.1 Å². The third-order valence-corrected chi connectivity index (χ3v) is 9.37. The van der Waals surface area contributed by atoms with E-state index in [1.807, 2.05) is 6.07 Å². The number of aromatic carboxylic acids is 1. The number of carboxylic acids is 1. The zero-order valence-corrected chi connectivity index (χ0v) is 32.0. The average molecular weight is 777 g/mol. The predicted molar refractivity (Wildman–Crippen MR) is 220 cm³/mol. The molecule has 3 amide bonds. The SMILES string of the molecule is C/C(=C\c1ccc(O)cc1)C(=O)Cc1ccc(C(=O)CC(CC#N)C(=O)Nc2ccc(C(=O)Nc3ccc(C(=O)Nc4ccc(C(=O)O)cc4C)cc3C)cc2)cc1. The largest absolute Gasteiger partial charge is 0.508 e. The van der Waals surface area contributed by atoms with Crippen LogP contribution < -0.4 is 16.0 Å². The number of allylic oxidation sites excluding steroid dienone is 1. The van der Waals surface area contributed by atoms with Crippen molar-refractivity contribution in [2.24, 2.45) is 5.92 Å². The van der Waals surface area contributed by atoms with E-state index in [0.717, 1.165) is 5.56 Å². The van der Waals surface area contributed by atoms with E-state index in [4.69, 9.17) is 0 Å². The van der Waals surface area contributed by atoms with Crippen LogP contribution in [0.5, 0.6) is 5.75 Å². The number of phenolic OH excluding ortho intramolecular Hbond substituents is 1. The number of carbonyl (C=O) groups excluding carboxylic acids is 5. The topological polar surface area (TPSA) is 203 Å². The maximum atomic E-state index is 13.2. The third kappa shape index (κ3) is 11.0. The first-order chi connectivity index (χ1) is 27.7. The molecular formula is C46H40N4O8. The Hall–Kier alpha value is -7.65. The second-order valence-corrected chi connectivity index (χ2v) is 13.7. The minimum absolute atomic E-state index is 0.100. The summed E-state index contributed by atoms with van der Waals surface area (Å²) in [5.74, 6) is -3.68. The highest BCUT2D eigenvalue weighted by Gasteiger charge is 2.23. The van der Waals surface area contributed by atoms with Gasteiger partial charge in [-0.05, 0) is 127 Å². The number of hydrogen-bond donors (Lipinski definition) is 5. The Morgan fingerprint density at radius 3 is 1.79 bits per heavy atom. The molecule has 0 aliphatic rings. The number of anilines is 3. The molecule has 12 nitrogen and oxygen atoms in total. The molecule has 58 heavy (non-hydrogen) atoms. The minimum atomic E-state index is -1.07. The lowest BCUT2D eigenvalue weighted by Crippen LogP contribution is -2.25. The number of hydrogen-bond acceptors (Lipinski definition) is 8. The molecule has 1 unspecified atom stereocenters. The number of nitriles is 1. The summed E-state index contributed by atoms with van der Waals surface area (Å²) in [5.41, 5.74) is 5.62. The standard InChI is InChI=1S/C46H40N4O8/c1-27-23-34(45(56)50-40-19-13-36(46(57)58)24-28(40)2)12-18-39(27)49-43(54)33-10-14-37(15-11-33)48-44(55)35(20-21-47)26-42(53)32-8-4-31(5-9-32)25-41(52)29(3)22-30-6-16-38(51)17-7-30/h4-19,22-24,35,51H,20,25-26H2,1-3H3,(H,48,55)(H,49,54)(H,50,56)(H,57,58)/b29-22+. The Labute approximate surface area is 334 Å². The molecule has 0 aromatic heterocycles. The van der Waals surface area contributed by atoms with Gasteiger partial charge in [-0.1, -0.05) is 36.4 Å². The van der Waals surface area contributed by atoms with Crippen molar-refractivity contribution in [2.45, 2.75) is 40.0 Å². The number of aryl methyl sites for hydroxylation is 2. The monoisotopic (exact) mass is 776 g/mol. The average Bonchev–Trinajstić information content (AvgIpc) is 3.20. The van der Waals surface area contributed by atoms with Gasteiger partial charge in [0, 0.05) is 53.0 Å². The molecule has 0 bridgehead atoms. The van der Waals surface area contributed by atoms with Gasteiger partial charge < -0.3 is 26.2 Å². The quantitative estimate of drug-likeness (QED) is 0.0513. The van der Waals surface area contributed by atoms with Crippen molar-refractivity contribution in [3.05, 3.63) is 159 Å². The second-order valence-electron chi connectivity index (χ2n) is 13.7. The van der Waals surface area contributed by atoms with Crippen LogP contribution in [0.1, 0.15) is 83.5 Å². The lowest BCUT2D eigenvalue weighted by Gasteiger charge is -2.14. The van der Waals surface area contributed by atoms with Crippen molar-refractivity contribution in [3.63, 3.8) is 0 Å². The molecule has 0 fully saturated rings. The van der Waals surface area contributed by atoms with Gasteiger partial charge in [0.25, 0.3) is 11.8 Å². The summed E-state index contributed by atoms with van der Waals surface area (Å²) in [4.78, 5) is 76.3. The van der Waals surface area contributed by atoms with Gasteiger partial charge in [0.1, 0.15) is 5.75 Å². The zero-order valence-electron chi connectivity index (χ0n) is 32.0. The fourth-order valence-corrected chi connectivity index (χ4v) is 5.96. The number of amides is 3. The van der Waals surface area contributed by atoms with E-state index >= 15 is 0 Å². The molecule has 292 valence electrons. The molecule has 0 radical (unpaired) electrons. The van der Waals surface area contributed by atoms with Crippen LogP contribution in [0.2, 0.25) is 0 Å². The van der Waals surface area contributed by atoms with Crippen LogP contribution in [0.3, 0.4) is 0 Å². The number of carboxylic acid groups (broad SMARTS) is 1. The Kier molecular flexibility index (Phi) is 13.5. The van der Waals surface area contributed by atoms with E-state index in [9.17, 15) is 44.2 Å². The summed E-state index contributed by atoms with van der Waals surface area (Å²) >= 11 is 0. The summed E-state index contributed by atoms with van der Waals surface area (Å²) in [6, 6.07) is 30.3. The summed E-state index contributed by atoms with van der Waals surface area (Å²) in [5, 5.41) is 36.4. The van der Waals surface area contributed by atoms with Gasteiger partial charge in [-0.25, -0.2) is 4.79 Å². The zero-order chi connectivity index (χ0) is 41.9. The number of carbonyl (C=O) groups is 6. The Balaban J connectivity index is 1.13.